The summed E-state index contributed by atoms with van der Waals surface area (Å²) < 4.78 is 12.9. The maximum absolute atomic E-state index is 11.1. The van der Waals surface area contributed by atoms with Gasteiger partial charge in [-0.05, 0) is 23.8 Å². The second kappa shape index (κ2) is 8.83. The predicted molar refractivity (Wildman–Crippen MR) is 112 cm³/mol. The van der Waals surface area contributed by atoms with E-state index in [0.29, 0.717) is 40.4 Å². The van der Waals surface area contributed by atoms with E-state index in [1.807, 2.05) is 41.0 Å². The first-order chi connectivity index (χ1) is 14.7. The van der Waals surface area contributed by atoms with E-state index in [9.17, 15) is 10.1 Å². The zero-order valence-electron chi connectivity index (χ0n) is 16.1. The van der Waals surface area contributed by atoms with Crippen molar-refractivity contribution in [3.05, 3.63) is 88.2 Å². The van der Waals surface area contributed by atoms with Gasteiger partial charge in [-0.15, -0.1) is 10.2 Å². The minimum atomic E-state index is -0.416. The third-order valence-electron chi connectivity index (χ3n) is 4.47. The first kappa shape index (κ1) is 19.7. The highest BCUT2D eigenvalue weighted by Gasteiger charge is 2.18. The molecule has 0 saturated carbocycles. The van der Waals surface area contributed by atoms with Gasteiger partial charge in [-0.3, -0.25) is 14.7 Å². The Morgan fingerprint density at radius 3 is 2.67 bits per heavy atom. The van der Waals surface area contributed by atoms with Gasteiger partial charge < -0.3 is 9.15 Å². The molecular formula is C21H18N4O4S. The normalized spacial score (nSPS) is 10.8. The molecule has 30 heavy (non-hydrogen) atoms. The number of nitrogens with zero attached hydrogens (tertiary/aromatic N) is 4. The van der Waals surface area contributed by atoms with Gasteiger partial charge in [0.2, 0.25) is 5.82 Å². The van der Waals surface area contributed by atoms with E-state index in [2.05, 4.69) is 10.2 Å². The Morgan fingerprint density at radius 1 is 1.13 bits per heavy atom. The molecule has 2 heterocycles. The lowest BCUT2D eigenvalue weighted by Gasteiger charge is -2.11. The maximum atomic E-state index is 11.1. The van der Waals surface area contributed by atoms with E-state index in [1.165, 1.54) is 23.9 Å². The summed E-state index contributed by atoms with van der Waals surface area (Å²) in [6, 6.07) is 18.2. The molecular weight excluding hydrogens is 404 g/mol. The van der Waals surface area contributed by atoms with E-state index in [0.717, 1.165) is 5.56 Å². The molecule has 9 heteroatoms. The quantitative estimate of drug-likeness (QED) is 0.229. The lowest BCUT2D eigenvalue weighted by molar-refractivity contribution is -0.384. The molecule has 8 nitrogen and oxygen atoms in total. The van der Waals surface area contributed by atoms with Gasteiger partial charge in [0.15, 0.2) is 10.9 Å². The van der Waals surface area contributed by atoms with Gasteiger partial charge in [0.1, 0.15) is 5.75 Å². The van der Waals surface area contributed by atoms with Crippen molar-refractivity contribution in [1.82, 2.24) is 14.8 Å². The maximum Gasteiger partial charge on any atom is 0.270 e. The summed E-state index contributed by atoms with van der Waals surface area (Å²) in [5.41, 5.74) is 1.83. The second-order valence-corrected chi connectivity index (χ2v) is 7.34. The van der Waals surface area contributed by atoms with Crippen LogP contribution in [0.2, 0.25) is 0 Å². The average molecular weight is 422 g/mol. The van der Waals surface area contributed by atoms with Gasteiger partial charge in [0.25, 0.3) is 5.69 Å². The summed E-state index contributed by atoms with van der Waals surface area (Å²) in [4.78, 5) is 10.7. The number of furan rings is 1. The fourth-order valence-electron chi connectivity index (χ4n) is 3.03. The second-order valence-electron chi connectivity index (χ2n) is 6.40. The van der Waals surface area contributed by atoms with Gasteiger partial charge in [0.05, 0.1) is 24.8 Å². The van der Waals surface area contributed by atoms with E-state index < -0.39 is 4.92 Å². The van der Waals surface area contributed by atoms with Crippen LogP contribution in [-0.4, -0.2) is 26.8 Å². The molecule has 0 radical (unpaired) electrons. The Balaban J connectivity index is 1.65. The van der Waals surface area contributed by atoms with Crippen LogP contribution in [0.1, 0.15) is 11.1 Å². The molecule has 0 atom stereocenters. The molecule has 4 aromatic rings. The highest BCUT2D eigenvalue weighted by molar-refractivity contribution is 7.98. The van der Waals surface area contributed by atoms with Gasteiger partial charge in [-0.2, -0.15) is 0 Å². The molecule has 0 spiro atoms. The number of hydrogen-bond donors (Lipinski definition) is 0. The van der Waals surface area contributed by atoms with Crippen molar-refractivity contribution >= 4 is 17.4 Å². The minimum Gasteiger partial charge on any atom is -0.496 e. The molecule has 0 fully saturated rings. The Bertz CT molecular complexity index is 1140. The average Bonchev–Trinajstić information content (AvgIpc) is 3.43. The number of non-ortho nitro benzene ring substituents is 1. The molecule has 0 unspecified atom stereocenters. The summed E-state index contributed by atoms with van der Waals surface area (Å²) >= 11 is 1.43. The molecule has 0 saturated heterocycles. The number of benzene rings is 2. The van der Waals surface area contributed by atoms with Crippen molar-refractivity contribution in [2.24, 2.45) is 0 Å². The summed E-state index contributed by atoms with van der Waals surface area (Å²) in [7, 11) is 1.54. The number of hydrogen-bond acceptors (Lipinski definition) is 7. The number of methoxy groups -OCH3 is 1. The third-order valence-corrected chi connectivity index (χ3v) is 5.49. The van der Waals surface area contributed by atoms with Crippen molar-refractivity contribution in [3.63, 3.8) is 0 Å². The van der Waals surface area contributed by atoms with Crippen molar-refractivity contribution in [3.8, 4) is 17.3 Å². The fraction of sp³-hybridized carbons (Fsp3) is 0.143. The van der Waals surface area contributed by atoms with Crippen molar-refractivity contribution in [2.45, 2.75) is 17.5 Å². The minimum absolute atomic E-state index is 0.0217. The third kappa shape index (κ3) is 4.20. The number of ether oxygens (including phenoxy) is 1. The Hall–Kier alpha value is -3.59. The molecule has 152 valence electrons. The SMILES string of the molecule is COc1ccc([N+](=O)[O-])cc1CSc1nnc(-c2ccco2)n1Cc1ccccc1. The standard InChI is InChI=1S/C21H18N4O4S/c1-28-18-10-9-17(25(26)27)12-16(18)14-30-21-23-22-20(19-8-5-11-29-19)24(21)13-15-6-3-2-4-7-15/h2-12H,13-14H2,1H3. The van der Waals surface area contributed by atoms with Gasteiger partial charge in [0, 0.05) is 23.4 Å². The fourth-order valence-corrected chi connectivity index (χ4v) is 3.94. The highest BCUT2D eigenvalue weighted by Crippen LogP contribution is 2.32. The van der Waals surface area contributed by atoms with Crippen molar-refractivity contribution < 1.29 is 14.1 Å². The first-order valence-corrected chi connectivity index (χ1v) is 10.1. The van der Waals surface area contributed by atoms with E-state index >= 15 is 0 Å². The topological polar surface area (TPSA) is 96.2 Å². The van der Waals surface area contributed by atoms with Crippen LogP contribution in [-0.2, 0) is 12.3 Å². The number of thioether (sulfide) groups is 1. The molecule has 0 aliphatic carbocycles. The van der Waals surface area contributed by atoms with Crippen LogP contribution < -0.4 is 4.74 Å². The van der Waals surface area contributed by atoms with Crippen LogP contribution in [0.25, 0.3) is 11.6 Å². The van der Waals surface area contributed by atoms with E-state index in [-0.39, 0.29) is 5.69 Å². The number of nitro benzene ring substituents is 1. The van der Waals surface area contributed by atoms with Crippen LogP contribution in [0.15, 0.2) is 76.5 Å². The van der Waals surface area contributed by atoms with E-state index in [4.69, 9.17) is 9.15 Å². The largest absolute Gasteiger partial charge is 0.496 e. The van der Waals surface area contributed by atoms with Crippen molar-refractivity contribution in [1.29, 1.82) is 0 Å². The number of aromatic nitrogens is 3. The molecule has 0 aliphatic heterocycles. The Kier molecular flexibility index (Phi) is 5.80. The summed E-state index contributed by atoms with van der Waals surface area (Å²) in [6.07, 6.45) is 1.59. The number of nitro groups is 1. The van der Waals surface area contributed by atoms with Gasteiger partial charge in [-0.1, -0.05) is 42.1 Å². The van der Waals surface area contributed by atoms with Crippen LogP contribution in [0, 0.1) is 10.1 Å². The molecule has 0 amide bonds. The Labute approximate surface area is 176 Å². The molecule has 0 N–H and O–H groups in total. The van der Waals surface area contributed by atoms with Gasteiger partial charge >= 0.3 is 0 Å². The first-order valence-electron chi connectivity index (χ1n) is 9.11. The van der Waals surface area contributed by atoms with E-state index in [1.54, 1.807) is 25.5 Å². The van der Waals surface area contributed by atoms with Crippen LogP contribution in [0.4, 0.5) is 5.69 Å². The summed E-state index contributed by atoms with van der Waals surface area (Å²) in [5.74, 6) is 2.28. The molecule has 2 aromatic heterocycles. The van der Waals surface area contributed by atoms with Gasteiger partial charge in [-0.25, -0.2) is 0 Å². The Morgan fingerprint density at radius 2 is 1.97 bits per heavy atom. The van der Waals surface area contributed by atoms with Crippen LogP contribution >= 0.6 is 11.8 Å². The lowest BCUT2D eigenvalue weighted by atomic mass is 10.2. The lowest BCUT2D eigenvalue weighted by Crippen LogP contribution is -2.04. The zero-order chi connectivity index (χ0) is 20.9. The molecule has 4 rings (SSSR count). The molecule has 0 aliphatic rings. The van der Waals surface area contributed by atoms with Crippen LogP contribution in [0.3, 0.4) is 0 Å². The smallest absolute Gasteiger partial charge is 0.270 e. The summed E-state index contributed by atoms with van der Waals surface area (Å²) in [5, 5.41) is 20.5. The predicted octanol–water partition coefficient (Wildman–Crippen LogP) is 4.80. The summed E-state index contributed by atoms with van der Waals surface area (Å²) in [6.45, 7) is 0.568. The van der Waals surface area contributed by atoms with Crippen LogP contribution in [0.5, 0.6) is 5.75 Å². The zero-order valence-corrected chi connectivity index (χ0v) is 16.9. The monoisotopic (exact) mass is 422 g/mol. The highest BCUT2D eigenvalue weighted by atomic mass is 32.2. The molecule has 2 aromatic carbocycles. The number of rotatable bonds is 8. The molecule has 0 bridgehead atoms. The van der Waals surface area contributed by atoms with Crippen molar-refractivity contribution in [2.75, 3.05) is 7.11 Å².